The normalized spacial score (nSPS) is 12.1. The van der Waals surface area contributed by atoms with Gasteiger partial charge in [0, 0.05) is 31.4 Å². The summed E-state index contributed by atoms with van der Waals surface area (Å²) in [6, 6.07) is 16.6. The smallest absolute Gasteiger partial charge is 0.195 e. The van der Waals surface area contributed by atoms with E-state index < -0.39 is 0 Å². The minimum atomic E-state index is 0. The SMILES string of the molecule is CCOc1ccc(NC(=NC)NCC(Cc2ccccc2)N(C)C)cc1OC.I. The fourth-order valence-corrected chi connectivity index (χ4v) is 2.87. The predicted molar refractivity (Wildman–Crippen MR) is 132 cm³/mol. The van der Waals surface area contributed by atoms with Gasteiger partial charge in [0.15, 0.2) is 17.5 Å². The quantitative estimate of drug-likeness (QED) is 0.304. The summed E-state index contributed by atoms with van der Waals surface area (Å²) in [5.41, 5.74) is 2.21. The van der Waals surface area contributed by atoms with Gasteiger partial charge in [-0.05, 0) is 45.1 Å². The molecule has 0 spiro atoms. The first kappa shape index (κ1) is 25.0. The minimum Gasteiger partial charge on any atom is -0.493 e. The summed E-state index contributed by atoms with van der Waals surface area (Å²) in [4.78, 5) is 6.57. The van der Waals surface area contributed by atoms with E-state index in [1.54, 1.807) is 14.2 Å². The molecule has 29 heavy (non-hydrogen) atoms. The van der Waals surface area contributed by atoms with Crippen LogP contribution in [-0.4, -0.2) is 58.3 Å². The van der Waals surface area contributed by atoms with Crippen LogP contribution in [0.15, 0.2) is 53.5 Å². The summed E-state index contributed by atoms with van der Waals surface area (Å²) in [7, 11) is 7.61. The maximum atomic E-state index is 5.57. The zero-order valence-electron chi connectivity index (χ0n) is 17.9. The van der Waals surface area contributed by atoms with Crippen LogP contribution in [0.25, 0.3) is 0 Å². The van der Waals surface area contributed by atoms with Gasteiger partial charge in [0.1, 0.15) is 0 Å². The van der Waals surface area contributed by atoms with Crippen molar-refractivity contribution >= 4 is 35.6 Å². The van der Waals surface area contributed by atoms with Crippen molar-refractivity contribution in [3.05, 3.63) is 54.1 Å². The molecule has 0 radical (unpaired) electrons. The summed E-state index contributed by atoms with van der Waals surface area (Å²) in [5.74, 6) is 2.14. The number of ether oxygens (including phenoxy) is 2. The molecule has 0 aromatic heterocycles. The molecule has 0 saturated heterocycles. The summed E-state index contributed by atoms with van der Waals surface area (Å²) in [5, 5.41) is 6.74. The van der Waals surface area contributed by atoms with Crippen molar-refractivity contribution < 1.29 is 9.47 Å². The van der Waals surface area contributed by atoms with Crippen LogP contribution in [-0.2, 0) is 6.42 Å². The highest BCUT2D eigenvalue weighted by Gasteiger charge is 2.13. The van der Waals surface area contributed by atoms with Gasteiger partial charge in [0.2, 0.25) is 0 Å². The molecule has 2 aromatic carbocycles. The number of methoxy groups -OCH3 is 1. The molecule has 2 aromatic rings. The lowest BCUT2D eigenvalue weighted by Crippen LogP contribution is -2.43. The van der Waals surface area contributed by atoms with E-state index >= 15 is 0 Å². The number of rotatable bonds is 9. The molecule has 1 atom stereocenters. The zero-order valence-corrected chi connectivity index (χ0v) is 20.3. The lowest BCUT2D eigenvalue weighted by atomic mass is 10.1. The van der Waals surface area contributed by atoms with Crippen LogP contribution in [0.3, 0.4) is 0 Å². The third-order valence-electron chi connectivity index (χ3n) is 4.50. The van der Waals surface area contributed by atoms with Gasteiger partial charge in [-0.3, -0.25) is 4.99 Å². The summed E-state index contributed by atoms with van der Waals surface area (Å²) in [6.07, 6.45) is 0.967. The number of hydrogen-bond donors (Lipinski definition) is 2. The van der Waals surface area contributed by atoms with E-state index in [4.69, 9.17) is 9.47 Å². The van der Waals surface area contributed by atoms with Crippen molar-refractivity contribution in [3.8, 4) is 11.5 Å². The van der Waals surface area contributed by atoms with E-state index in [-0.39, 0.29) is 24.0 Å². The van der Waals surface area contributed by atoms with Crippen molar-refractivity contribution in [3.63, 3.8) is 0 Å². The monoisotopic (exact) mass is 512 g/mol. The minimum absolute atomic E-state index is 0. The molecule has 1 unspecified atom stereocenters. The van der Waals surface area contributed by atoms with Crippen molar-refractivity contribution in [2.75, 3.05) is 46.7 Å². The van der Waals surface area contributed by atoms with E-state index in [2.05, 4.69) is 58.9 Å². The van der Waals surface area contributed by atoms with E-state index in [1.807, 2.05) is 31.2 Å². The average molecular weight is 512 g/mol. The highest BCUT2D eigenvalue weighted by molar-refractivity contribution is 14.0. The number of guanidine groups is 1. The standard InChI is InChI=1S/C22H32N4O2.HI/c1-6-28-20-13-12-18(15-21(20)27-5)25-22(23-2)24-16-19(26(3)4)14-17-10-8-7-9-11-17;/h7-13,15,19H,6,14,16H2,1-5H3,(H2,23,24,25);1H. The molecular formula is C22H33IN4O2. The van der Waals surface area contributed by atoms with Crippen LogP contribution in [0.1, 0.15) is 12.5 Å². The third-order valence-corrected chi connectivity index (χ3v) is 4.50. The van der Waals surface area contributed by atoms with Gasteiger partial charge in [-0.1, -0.05) is 30.3 Å². The number of aliphatic imine (C=N–C) groups is 1. The number of hydrogen-bond acceptors (Lipinski definition) is 4. The van der Waals surface area contributed by atoms with Gasteiger partial charge in [-0.2, -0.15) is 0 Å². The summed E-state index contributed by atoms with van der Waals surface area (Å²) >= 11 is 0. The Hall–Kier alpha value is -2.00. The molecule has 0 heterocycles. The molecular weight excluding hydrogens is 479 g/mol. The maximum Gasteiger partial charge on any atom is 0.195 e. The Kier molecular flexibility index (Phi) is 11.5. The second kappa shape index (κ2) is 13.3. The summed E-state index contributed by atoms with van der Waals surface area (Å²) in [6.45, 7) is 3.32. The fourth-order valence-electron chi connectivity index (χ4n) is 2.87. The van der Waals surface area contributed by atoms with E-state index in [9.17, 15) is 0 Å². The van der Waals surface area contributed by atoms with Crippen molar-refractivity contribution in [2.45, 2.75) is 19.4 Å². The second-order valence-corrected chi connectivity index (χ2v) is 6.68. The number of benzene rings is 2. The first-order chi connectivity index (χ1) is 13.6. The molecule has 160 valence electrons. The van der Waals surface area contributed by atoms with E-state index in [0.29, 0.717) is 24.4 Å². The molecule has 0 saturated carbocycles. The lowest BCUT2D eigenvalue weighted by Gasteiger charge is -2.26. The predicted octanol–water partition coefficient (Wildman–Crippen LogP) is 3.87. The molecule has 0 fully saturated rings. The van der Waals surface area contributed by atoms with Crippen LogP contribution in [0, 0.1) is 0 Å². The van der Waals surface area contributed by atoms with Crippen molar-refractivity contribution in [1.29, 1.82) is 0 Å². The number of nitrogens with zero attached hydrogens (tertiary/aromatic N) is 2. The first-order valence-electron chi connectivity index (χ1n) is 9.56. The molecule has 0 aliphatic rings. The number of halogens is 1. The number of anilines is 1. The van der Waals surface area contributed by atoms with Crippen molar-refractivity contribution in [1.82, 2.24) is 10.2 Å². The van der Waals surface area contributed by atoms with Crippen LogP contribution in [0.2, 0.25) is 0 Å². The van der Waals surface area contributed by atoms with E-state index in [1.165, 1.54) is 5.56 Å². The molecule has 0 amide bonds. The zero-order chi connectivity index (χ0) is 20.4. The maximum absolute atomic E-state index is 5.57. The highest BCUT2D eigenvalue weighted by atomic mass is 127. The van der Waals surface area contributed by atoms with Gasteiger partial charge in [0.05, 0.1) is 13.7 Å². The third kappa shape index (κ3) is 8.10. The molecule has 6 nitrogen and oxygen atoms in total. The number of likely N-dealkylation sites (N-methyl/N-ethyl adjacent to an activating group) is 1. The first-order valence-corrected chi connectivity index (χ1v) is 9.56. The van der Waals surface area contributed by atoms with Crippen LogP contribution >= 0.6 is 24.0 Å². The average Bonchev–Trinajstić information content (AvgIpc) is 2.71. The van der Waals surface area contributed by atoms with Crippen molar-refractivity contribution in [2.24, 2.45) is 4.99 Å². The van der Waals surface area contributed by atoms with Crippen LogP contribution in [0.4, 0.5) is 5.69 Å². The molecule has 0 bridgehead atoms. The number of nitrogens with one attached hydrogen (secondary N) is 2. The van der Waals surface area contributed by atoms with E-state index in [0.717, 1.165) is 24.4 Å². The largest absolute Gasteiger partial charge is 0.493 e. The molecule has 2 N–H and O–H groups in total. The van der Waals surface area contributed by atoms with Crippen LogP contribution < -0.4 is 20.1 Å². The Balaban J connectivity index is 0.00000420. The van der Waals surface area contributed by atoms with Gasteiger partial charge in [-0.15, -0.1) is 24.0 Å². The Morgan fingerprint density at radius 1 is 1.10 bits per heavy atom. The Morgan fingerprint density at radius 2 is 1.83 bits per heavy atom. The molecule has 2 rings (SSSR count). The van der Waals surface area contributed by atoms with Gasteiger partial charge in [-0.25, -0.2) is 0 Å². The fraction of sp³-hybridized carbons (Fsp3) is 0.409. The van der Waals surface area contributed by atoms with Gasteiger partial charge >= 0.3 is 0 Å². The molecule has 0 aliphatic heterocycles. The Labute approximate surface area is 191 Å². The Morgan fingerprint density at radius 3 is 2.41 bits per heavy atom. The van der Waals surface area contributed by atoms with Gasteiger partial charge in [0.25, 0.3) is 0 Å². The molecule has 7 heteroatoms. The molecule has 0 aliphatic carbocycles. The second-order valence-electron chi connectivity index (χ2n) is 6.68. The highest BCUT2D eigenvalue weighted by Crippen LogP contribution is 2.30. The lowest BCUT2D eigenvalue weighted by molar-refractivity contribution is 0.291. The summed E-state index contributed by atoms with van der Waals surface area (Å²) < 4.78 is 11.0. The van der Waals surface area contributed by atoms with Crippen LogP contribution in [0.5, 0.6) is 11.5 Å². The topological polar surface area (TPSA) is 58.1 Å². The Bertz CT molecular complexity index is 754. The van der Waals surface area contributed by atoms with Gasteiger partial charge < -0.3 is 25.0 Å².